The molecule has 1 aromatic rings. The molecule has 0 saturated heterocycles. The zero-order chi connectivity index (χ0) is 13.3. The van der Waals surface area contributed by atoms with Crippen molar-refractivity contribution in [2.75, 3.05) is 0 Å². The summed E-state index contributed by atoms with van der Waals surface area (Å²) in [6.07, 6.45) is 10.2. The van der Waals surface area contributed by atoms with Crippen LogP contribution in [0.4, 0.5) is 0 Å². The molecule has 2 fully saturated rings. The van der Waals surface area contributed by atoms with E-state index in [4.69, 9.17) is 5.73 Å². The van der Waals surface area contributed by atoms with Crippen molar-refractivity contribution in [3.8, 4) is 0 Å². The molecule has 1 amide bonds. The standard InChI is InChI=1S/C15H21N3O/c16-14(19)15(6-7-15)18-13-5-1-3-11(9-13)12-4-2-8-17-10-12/h2,4,8,10-11,13,18H,1,3,5-7,9H2,(H2,16,19)/t11-,13-/m0/s1. The van der Waals surface area contributed by atoms with E-state index < -0.39 is 0 Å². The number of carbonyl (C=O) groups is 1. The number of aromatic nitrogens is 1. The van der Waals surface area contributed by atoms with E-state index in [1.165, 1.54) is 18.4 Å². The van der Waals surface area contributed by atoms with Gasteiger partial charge in [0.2, 0.25) is 5.91 Å². The fourth-order valence-corrected chi connectivity index (χ4v) is 3.22. The average molecular weight is 259 g/mol. The Hall–Kier alpha value is -1.42. The summed E-state index contributed by atoms with van der Waals surface area (Å²) < 4.78 is 0. The number of nitrogens with one attached hydrogen (secondary N) is 1. The Morgan fingerprint density at radius 3 is 2.89 bits per heavy atom. The van der Waals surface area contributed by atoms with Crippen molar-refractivity contribution in [1.29, 1.82) is 0 Å². The van der Waals surface area contributed by atoms with Crippen LogP contribution >= 0.6 is 0 Å². The van der Waals surface area contributed by atoms with E-state index in [0.717, 1.165) is 25.7 Å². The highest BCUT2D eigenvalue weighted by atomic mass is 16.1. The lowest BCUT2D eigenvalue weighted by Gasteiger charge is -2.32. The van der Waals surface area contributed by atoms with Gasteiger partial charge in [0, 0.05) is 18.4 Å². The van der Waals surface area contributed by atoms with E-state index >= 15 is 0 Å². The summed E-state index contributed by atoms with van der Waals surface area (Å²) in [5.41, 5.74) is 6.41. The Labute approximate surface area is 113 Å². The van der Waals surface area contributed by atoms with E-state index in [-0.39, 0.29) is 11.4 Å². The summed E-state index contributed by atoms with van der Waals surface area (Å²) in [6.45, 7) is 0. The van der Waals surface area contributed by atoms with Crippen molar-refractivity contribution in [3.05, 3.63) is 30.1 Å². The molecule has 2 aliphatic carbocycles. The fraction of sp³-hybridized carbons (Fsp3) is 0.600. The van der Waals surface area contributed by atoms with Crippen molar-refractivity contribution in [1.82, 2.24) is 10.3 Å². The highest BCUT2D eigenvalue weighted by Crippen LogP contribution is 2.39. The molecule has 19 heavy (non-hydrogen) atoms. The maximum atomic E-state index is 11.5. The van der Waals surface area contributed by atoms with Gasteiger partial charge in [-0.1, -0.05) is 12.5 Å². The van der Waals surface area contributed by atoms with Crippen LogP contribution in [0.25, 0.3) is 0 Å². The zero-order valence-corrected chi connectivity index (χ0v) is 11.1. The summed E-state index contributed by atoms with van der Waals surface area (Å²) in [4.78, 5) is 15.7. The van der Waals surface area contributed by atoms with Crippen LogP contribution in [0.1, 0.15) is 50.0 Å². The Morgan fingerprint density at radius 2 is 2.26 bits per heavy atom. The maximum absolute atomic E-state index is 11.5. The number of hydrogen-bond donors (Lipinski definition) is 2. The van der Waals surface area contributed by atoms with E-state index in [1.807, 2.05) is 18.5 Å². The maximum Gasteiger partial charge on any atom is 0.237 e. The molecule has 1 heterocycles. The van der Waals surface area contributed by atoms with Crippen LogP contribution in [0.15, 0.2) is 24.5 Å². The average Bonchev–Trinajstić information content (AvgIpc) is 3.21. The summed E-state index contributed by atoms with van der Waals surface area (Å²) in [7, 11) is 0. The van der Waals surface area contributed by atoms with Gasteiger partial charge in [-0.3, -0.25) is 9.78 Å². The Morgan fingerprint density at radius 1 is 1.42 bits per heavy atom. The second-order valence-corrected chi connectivity index (χ2v) is 5.94. The molecule has 2 saturated carbocycles. The Bertz CT molecular complexity index is 456. The topological polar surface area (TPSA) is 68.0 Å². The number of amides is 1. The smallest absolute Gasteiger partial charge is 0.237 e. The first-order valence-electron chi connectivity index (χ1n) is 7.17. The number of nitrogens with zero attached hydrogens (tertiary/aromatic N) is 1. The Balaban J connectivity index is 1.64. The molecular weight excluding hydrogens is 238 g/mol. The monoisotopic (exact) mass is 259 g/mol. The van der Waals surface area contributed by atoms with Gasteiger partial charge in [0.1, 0.15) is 0 Å². The third kappa shape index (κ3) is 2.63. The Kier molecular flexibility index (Phi) is 3.27. The van der Waals surface area contributed by atoms with E-state index in [1.54, 1.807) is 0 Å². The molecule has 0 unspecified atom stereocenters. The zero-order valence-electron chi connectivity index (χ0n) is 11.1. The van der Waals surface area contributed by atoms with Crippen molar-refractivity contribution >= 4 is 5.91 Å². The van der Waals surface area contributed by atoms with Gasteiger partial charge in [-0.05, 0) is 49.7 Å². The van der Waals surface area contributed by atoms with Crippen molar-refractivity contribution < 1.29 is 4.79 Å². The van der Waals surface area contributed by atoms with Crippen LogP contribution in [0, 0.1) is 0 Å². The number of nitrogens with two attached hydrogens (primary N) is 1. The van der Waals surface area contributed by atoms with Gasteiger partial charge in [0.05, 0.1) is 5.54 Å². The quantitative estimate of drug-likeness (QED) is 0.865. The third-order valence-electron chi connectivity index (χ3n) is 4.53. The van der Waals surface area contributed by atoms with Gasteiger partial charge in [-0.2, -0.15) is 0 Å². The minimum Gasteiger partial charge on any atom is -0.368 e. The van der Waals surface area contributed by atoms with Crippen LogP contribution in [-0.2, 0) is 4.79 Å². The van der Waals surface area contributed by atoms with E-state index in [2.05, 4.69) is 16.4 Å². The summed E-state index contributed by atoms with van der Waals surface area (Å²) in [6, 6.07) is 4.56. The first kappa shape index (κ1) is 12.6. The lowest BCUT2D eigenvalue weighted by Crippen LogP contribution is -2.49. The SMILES string of the molecule is NC(=O)C1(N[C@H]2CCC[C@H](c3cccnc3)C2)CC1. The third-order valence-corrected chi connectivity index (χ3v) is 4.53. The van der Waals surface area contributed by atoms with Crippen LogP contribution in [0.5, 0.6) is 0 Å². The number of pyridine rings is 1. The van der Waals surface area contributed by atoms with Gasteiger partial charge in [0.25, 0.3) is 0 Å². The summed E-state index contributed by atoms with van der Waals surface area (Å²) >= 11 is 0. The van der Waals surface area contributed by atoms with Gasteiger partial charge >= 0.3 is 0 Å². The lowest BCUT2D eigenvalue weighted by molar-refractivity contribution is -0.121. The lowest BCUT2D eigenvalue weighted by atomic mass is 9.81. The molecule has 0 aromatic carbocycles. The molecule has 2 aliphatic rings. The molecule has 0 aliphatic heterocycles. The van der Waals surface area contributed by atoms with Gasteiger partial charge in [0.15, 0.2) is 0 Å². The predicted molar refractivity (Wildman–Crippen MR) is 73.5 cm³/mol. The van der Waals surface area contributed by atoms with E-state index in [9.17, 15) is 4.79 Å². The van der Waals surface area contributed by atoms with Crippen molar-refractivity contribution in [2.45, 2.75) is 56.0 Å². The van der Waals surface area contributed by atoms with Crippen molar-refractivity contribution in [2.24, 2.45) is 5.73 Å². The fourth-order valence-electron chi connectivity index (χ4n) is 3.22. The molecule has 2 atom stereocenters. The molecule has 102 valence electrons. The second kappa shape index (κ2) is 4.93. The van der Waals surface area contributed by atoms with E-state index in [0.29, 0.717) is 12.0 Å². The van der Waals surface area contributed by atoms with Crippen molar-refractivity contribution in [3.63, 3.8) is 0 Å². The highest BCUT2D eigenvalue weighted by Gasteiger charge is 2.49. The molecule has 1 aromatic heterocycles. The highest BCUT2D eigenvalue weighted by molar-refractivity contribution is 5.87. The molecule has 3 N–H and O–H groups in total. The minimum absolute atomic E-state index is 0.184. The molecule has 0 radical (unpaired) electrons. The minimum atomic E-state index is -0.387. The van der Waals surface area contributed by atoms with Gasteiger partial charge in [-0.15, -0.1) is 0 Å². The molecule has 0 bridgehead atoms. The van der Waals surface area contributed by atoms with Crippen LogP contribution in [0.3, 0.4) is 0 Å². The normalized spacial score (nSPS) is 28.8. The molecular formula is C15H21N3O. The first-order valence-corrected chi connectivity index (χ1v) is 7.17. The number of rotatable bonds is 4. The molecule has 4 heteroatoms. The van der Waals surface area contributed by atoms with Crippen LogP contribution in [-0.4, -0.2) is 22.5 Å². The summed E-state index contributed by atoms with van der Waals surface area (Å²) in [5, 5.41) is 3.51. The van der Waals surface area contributed by atoms with Crippen LogP contribution in [0.2, 0.25) is 0 Å². The largest absolute Gasteiger partial charge is 0.368 e. The second-order valence-electron chi connectivity index (χ2n) is 5.94. The number of primary amides is 1. The van der Waals surface area contributed by atoms with Gasteiger partial charge in [-0.25, -0.2) is 0 Å². The van der Waals surface area contributed by atoms with Gasteiger partial charge < -0.3 is 11.1 Å². The van der Waals surface area contributed by atoms with Crippen LogP contribution < -0.4 is 11.1 Å². The summed E-state index contributed by atoms with van der Waals surface area (Å²) in [5.74, 6) is 0.375. The molecule has 3 rings (SSSR count). The number of hydrogen-bond acceptors (Lipinski definition) is 3. The molecule has 0 spiro atoms. The molecule has 4 nitrogen and oxygen atoms in total. The first-order chi connectivity index (χ1) is 9.20. The number of carbonyl (C=O) groups excluding carboxylic acids is 1. The predicted octanol–water partition coefficient (Wildman–Crippen LogP) is 1.72.